The van der Waals surface area contributed by atoms with Crippen LogP contribution in [0.2, 0.25) is 5.02 Å². The lowest BCUT2D eigenvalue weighted by Crippen LogP contribution is -2.23. The van der Waals surface area contributed by atoms with Crippen LogP contribution in [0.5, 0.6) is 0 Å². The van der Waals surface area contributed by atoms with Gasteiger partial charge >= 0.3 is 0 Å². The van der Waals surface area contributed by atoms with Crippen molar-refractivity contribution in [1.29, 1.82) is 0 Å². The Kier molecular flexibility index (Phi) is 3.62. The molecule has 0 radical (unpaired) electrons. The molecular weight excluding hydrogens is 286 g/mol. The Balaban J connectivity index is 2.20. The monoisotopic (exact) mass is 299 g/mol. The van der Waals surface area contributed by atoms with Crippen molar-refractivity contribution in [1.82, 2.24) is 15.1 Å². The molecule has 3 aromatic rings. The van der Waals surface area contributed by atoms with Crippen LogP contribution in [-0.2, 0) is 11.3 Å². The number of hydrogen-bond donors (Lipinski definition) is 1. The molecule has 0 bridgehead atoms. The summed E-state index contributed by atoms with van der Waals surface area (Å²) in [5.41, 5.74) is 2.72. The maximum absolute atomic E-state index is 11.6. The van der Waals surface area contributed by atoms with Gasteiger partial charge in [-0.15, -0.1) is 0 Å². The molecule has 1 N–H and O–H groups in total. The fourth-order valence-corrected chi connectivity index (χ4v) is 2.47. The van der Waals surface area contributed by atoms with Crippen molar-refractivity contribution in [3.8, 4) is 11.3 Å². The second-order valence-electron chi connectivity index (χ2n) is 4.71. The molecule has 21 heavy (non-hydrogen) atoms. The minimum absolute atomic E-state index is 0.0889. The molecule has 4 nitrogen and oxygen atoms in total. The number of carbonyl (C=O) groups is 1. The summed E-state index contributed by atoms with van der Waals surface area (Å²) in [6.07, 6.45) is 0. The van der Waals surface area contributed by atoms with Gasteiger partial charge in [0, 0.05) is 23.0 Å². The van der Waals surface area contributed by atoms with Gasteiger partial charge < -0.3 is 5.32 Å². The highest BCUT2D eigenvalue weighted by Crippen LogP contribution is 2.29. The maximum Gasteiger partial charge on any atom is 0.241 e. The van der Waals surface area contributed by atoms with E-state index < -0.39 is 0 Å². The van der Waals surface area contributed by atoms with Gasteiger partial charge in [-0.1, -0.05) is 41.9 Å². The fraction of sp³-hybridized carbons (Fsp3) is 0.125. The van der Waals surface area contributed by atoms with Crippen molar-refractivity contribution in [2.75, 3.05) is 7.05 Å². The Hall–Kier alpha value is -2.33. The minimum atomic E-state index is -0.0889. The number of rotatable bonds is 3. The van der Waals surface area contributed by atoms with Crippen LogP contribution in [-0.4, -0.2) is 22.7 Å². The van der Waals surface area contributed by atoms with Gasteiger partial charge in [0.2, 0.25) is 5.91 Å². The normalized spacial score (nSPS) is 10.8. The molecule has 1 heterocycles. The Morgan fingerprint density at radius 2 is 2.00 bits per heavy atom. The molecule has 0 aliphatic carbocycles. The van der Waals surface area contributed by atoms with Crippen molar-refractivity contribution in [2.45, 2.75) is 6.54 Å². The molecule has 3 rings (SSSR count). The molecule has 0 saturated carbocycles. The van der Waals surface area contributed by atoms with Gasteiger partial charge in [-0.3, -0.25) is 9.48 Å². The first-order valence-electron chi connectivity index (χ1n) is 6.61. The second-order valence-corrected chi connectivity index (χ2v) is 5.14. The highest BCUT2D eigenvalue weighted by Gasteiger charge is 2.14. The first kappa shape index (κ1) is 13.6. The van der Waals surface area contributed by atoms with E-state index in [2.05, 4.69) is 10.4 Å². The quantitative estimate of drug-likeness (QED) is 0.808. The third-order valence-electron chi connectivity index (χ3n) is 3.33. The van der Waals surface area contributed by atoms with Gasteiger partial charge in [-0.25, -0.2) is 0 Å². The number of aromatic nitrogens is 2. The predicted octanol–water partition coefficient (Wildman–Crippen LogP) is 3.10. The lowest BCUT2D eigenvalue weighted by atomic mass is 10.1. The number of likely N-dealkylation sites (N-methyl/N-ethyl adjacent to an activating group) is 1. The van der Waals surface area contributed by atoms with Crippen LogP contribution in [0.1, 0.15) is 0 Å². The molecular formula is C16H14ClN3O. The Morgan fingerprint density at radius 3 is 2.71 bits per heavy atom. The summed E-state index contributed by atoms with van der Waals surface area (Å²) in [7, 11) is 1.61. The summed E-state index contributed by atoms with van der Waals surface area (Å²) < 4.78 is 1.70. The zero-order valence-corrected chi connectivity index (χ0v) is 12.3. The maximum atomic E-state index is 11.6. The molecule has 0 saturated heterocycles. The predicted molar refractivity (Wildman–Crippen MR) is 84.2 cm³/mol. The number of benzene rings is 2. The van der Waals surface area contributed by atoms with E-state index in [-0.39, 0.29) is 12.5 Å². The number of amides is 1. The summed E-state index contributed by atoms with van der Waals surface area (Å²) in [6.45, 7) is 0.182. The minimum Gasteiger partial charge on any atom is -0.358 e. The van der Waals surface area contributed by atoms with Crippen molar-refractivity contribution in [3.05, 3.63) is 53.6 Å². The van der Waals surface area contributed by atoms with E-state index in [1.807, 2.05) is 42.5 Å². The Labute approximate surface area is 127 Å². The molecule has 0 unspecified atom stereocenters. The van der Waals surface area contributed by atoms with Gasteiger partial charge in [0.25, 0.3) is 0 Å². The molecule has 0 aliphatic heterocycles. The zero-order valence-electron chi connectivity index (χ0n) is 11.5. The smallest absolute Gasteiger partial charge is 0.241 e. The SMILES string of the molecule is CNC(=O)Cn1nc(-c2ccccc2)c2cc(Cl)ccc21. The molecule has 1 amide bonds. The third kappa shape index (κ3) is 2.62. The molecule has 0 atom stereocenters. The van der Waals surface area contributed by atoms with Gasteiger partial charge in [-0.05, 0) is 18.2 Å². The van der Waals surface area contributed by atoms with Crippen molar-refractivity contribution < 1.29 is 4.79 Å². The highest BCUT2D eigenvalue weighted by molar-refractivity contribution is 6.31. The largest absolute Gasteiger partial charge is 0.358 e. The highest BCUT2D eigenvalue weighted by atomic mass is 35.5. The van der Waals surface area contributed by atoms with Crippen LogP contribution in [0.4, 0.5) is 0 Å². The summed E-state index contributed by atoms with van der Waals surface area (Å²) in [4.78, 5) is 11.6. The standard InChI is InChI=1S/C16H14ClN3O/c1-18-15(21)10-20-14-8-7-12(17)9-13(14)16(19-20)11-5-3-2-4-6-11/h2-9H,10H2,1H3,(H,18,21). The molecule has 2 aromatic carbocycles. The van der Waals surface area contributed by atoms with Gasteiger partial charge in [-0.2, -0.15) is 5.10 Å². The summed E-state index contributed by atoms with van der Waals surface area (Å²) in [5, 5.41) is 8.79. The number of carbonyl (C=O) groups excluding carboxylic acids is 1. The van der Waals surface area contributed by atoms with E-state index in [1.54, 1.807) is 17.8 Å². The average molecular weight is 300 g/mol. The van der Waals surface area contributed by atoms with Crippen LogP contribution in [0.25, 0.3) is 22.2 Å². The van der Waals surface area contributed by atoms with Crippen molar-refractivity contribution >= 4 is 28.4 Å². The van der Waals surface area contributed by atoms with Crippen molar-refractivity contribution in [2.24, 2.45) is 0 Å². The van der Waals surface area contributed by atoms with E-state index in [9.17, 15) is 4.79 Å². The fourth-order valence-electron chi connectivity index (χ4n) is 2.30. The Bertz CT molecular complexity index is 796. The molecule has 106 valence electrons. The van der Waals surface area contributed by atoms with E-state index in [0.29, 0.717) is 5.02 Å². The lowest BCUT2D eigenvalue weighted by molar-refractivity contribution is -0.121. The van der Waals surface area contributed by atoms with E-state index in [4.69, 9.17) is 11.6 Å². The molecule has 5 heteroatoms. The van der Waals surface area contributed by atoms with Crippen LogP contribution < -0.4 is 5.32 Å². The summed E-state index contributed by atoms with van der Waals surface area (Å²) >= 11 is 6.10. The Morgan fingerprint density at radius 1 is 1.24 bits per heavy atom. The number of halogens is 1. The lowest BCUT2D eigenvalue weighted by Gasteiger charge is -2.01. The van der Waals surface area contributed by atoms with Crippen LogP contribution >= 0.6 is 11.6 Å². The third-order valence-corrected chi connectivity index (χ3v) is 3.57. The van der Waals surface area contributed by atoms with Crippen molar-refractivity contribution in [3.63, 3.8) is 0 Å². The first-order chi connectivity index (χ1) is 10.2. The number of hydrogen-bond acceptors (Lipinski definition) is 2. The number of fused-ring (bicyclic) bond motifs is 1. The van der Waals surface area contributed by atoms with Gasteiger partial charge in [0.1, 0.15) is 12.2 Å². The number of nitrogens with one attached hydrogen (secondary N) is 1. The molecule has 1 aromatic heterocycles. The van der Waals surface area contributed by atoms with Crippen LogP contribution in [0.3, 0.4) is 0 Å². The number of nitrogens with zero attached hydrogens (tertiary/aromatic N) is 2. The zero-order chi connectivity index (χ0) is 14.8. The van der Waals surface area contributed by atoms with E-state index >= 15 is 0 Å². The first-order valence-corrected chi connectivity index (χ1v) is 6.99. The topological polar surface area (TPSA) is 46.9 Å². The van der Waals surface area contributed by atoms with Crippen LogP contribution in [0, 0.1) is 0 Å². The molecule has 0 aliphatic rings. The summed E-state index contributed by atoms with van der Waals surface area (Å²) in [5.74, 6) is -0.0889. The van der Waals surface area contributed by atoms with Gasteiger partial charge in [0.15, 0.2) is 0 Å². The average Bonchev–Trinajstić information content (AvgIpc) is 2.86. The molecule has 0 fully saturated rings. The van der Waals surface area contributed by atoms with E-state index in [1.165, 1.54) is 0 Å². The van der Waals surface area contributed by atoms with Gasteiger partial charge in [0.05, 0.1) is 5.52 Å². The van der Waals surface area contributed by atoms with E-state index in [0.717, 1.165) is 22.2 Å². The second kappa shape index (κ2) is 5.58. The van der Waals surface area contributed by atoms with Crippen LogP contribution in [0.15, 0.2) is 48.5 Å². The summed E-state index contributed by atoms with van der Waals surface area (Å²) in [6, 6.07) is 15.4. The molecule has 0 spiro atoms.